The Labute approximate surface area is 136 Å². The van der Waals surface area contributed by atoms with Gasteiger partial charge in [-0.05, 0) is 33.4 Å². The number of hydrogen-bond donors (Lipinski definition) is 0. The second kappa shape index (κ2) is 7.14. The van der Waals surface area contributed by atoms with E-state index < -0.39 is 0 Å². The summed E-state index contributed by atoms with van der Waals surface area (Å²) in [5.74, 6) is 1.40. The molecule has 2 aromatic rings. The van der Waals surface area contributed by atoms with E-state index in [0.717, 1.165) is 43.4 Å². The van der Waals surface area contributed by atoms with E-state index in [1.807, 2.05) is 26.2 Å². The van der Waals surface area contributed by atoms with Crippen molar-refractivity contribution in [2.45, 2.75) is 45.8 Å². The maximum atomic E-state index is 5.06. The Hall–Kier alpha value is -1.86. The Morgan fingerprint density at radius 1 is 1.30 bits per heavy atom. The van der Waals surface area contributed by atoms with E-state index >= 15 is 0 Å². The average Bonchev–Trinajstić information content (AvgIpc) is 2.95. The standard InChI is InChI=1S/C16H24N6O/c1-12-7-18-14(8-17-12)9-21(3)15-5-4-6-22(10-15)11-16-19-13(2)23-20-16/h7-8,15H,4-6,9-11H2,1-3H3. The third kappa shape index (κ3) is 4.33. The lowest BCUT2D eigenvalue weighted by Crippen LogP contribution is -2.46. The predicted molar refractivity (Wildman–Crippen MR) is 85.6 cm³/mol. The first-order valence-electron chi connectivity index (χ1n) is 8.09. The zero-order valence-corrected chi connectivity index (χ0v) is 14.1. The minimum atomic E-state index is 0.514. The van der Waals surface area contributed by atoms with Gasteiger partial charge in [-0.2, -0.15) is 4.98 Å². The number of likely N-dealkylation sites (N-methyl/N-ethyl adjacent to an activating group) is 1. The predicted octanol–water partition coefficient (Wildman–Crippen LogP) is 1.57. The summed E-state index contributed by atoms with van der Waals surface area (Å²) in [7, 11) is 2.16. The van der Waals surface area contributed by atoms with Crippen LogP contribution in [-0.2, 0) is 13.1 Å². The molecular weight excluding hydrogens is 292 g/mol. The average molecular weight is 316 g/mol. The van der Waals surface area contributed by atoms with Crippen molar-refractivity contribution in [3.8, 4) is 0 Å². The van der Waals surface area contributed by atoms with E-state index in [1.165, 1.54) is 12.8 Å². The molecule has 0 bridgehead atoms. The molecule has 3 rings (SSSR count). The third-order valence-corrected chi connectivity index (χ3v) is 4.28. The lowest BCUT2D eigenvalue weighted by atomic mass is 10.0. The molecule has 1 aliphatic heterocycles. The summed E-state index contributed by atoms with van der Waals surface area (Å²) >= 11 is 0. The molecule has 7 heteroatoms. The Bertz CT molecular complexity index is 626. The van der Waals surface area contributed by atoms with Crippen LogP contribution in [0.15, 0.2) is 16.9 Å². The van der Waals surface area contributed by atoms with E-state index in [2.05, 4.69) is 37.0 Å². The second-order valence-electron chi connectivity index (χ2n) is 6.33. The van der Waals surface area contributed by atoms with Crippen molar-refractivity contribution in [1.82, 2.24) is 29.9 Å². The maximum Gasteiger partial charge on any atom is 0.223 e. The van der Waals surface area contributed by atoms with Crippen molar-refractivity contribution in [1.29, 1.82) is 0 Å². The van der Waals surface area contributed by atoms with Crippen LogP contribution in [0.25, 0.3) is 0 Å². The van der Waals surface area contributed by atoms with Crippen LogP contribution >= 0.6 is 0 Å². The molecule has 1 aliphatic rings. The number of aromatic nitrogens is 4. The highest BCUT2D eigenvalue weighted by Gasteiger charge is 2.24. The molecule has 0 spiro atoms. The molecule has 23 heavy (non-hydrogen) atoms. The van der Waals surface area contributed by atoms with E-state index in [4.69, 9.17) is 4.52 Å². The summed E-state index contributed by atoms with van der Waals surface area (Å²) in [4.78, 5) is 17.8. The smallest absolute Gasteiger partial charge is 0.223 e. The van der Waals surface area contributed by atoms with Gasteiger partial charge in [-0.3, -0.25) is 19.8 Å². The first-order valence-corrected chi connectivity index (χ1v) is 8.09. The van der Waals surface area contributed by atoms with Gasteiger partial charge in [-0.15, -0.1) is 0 Å². The van der Waals surface area contributed by atoms with Crippen LogP contribution in [0.4, 0.5) is 0 Å². The highest BCUT2D eigenvalue weighted by Crippen LogP contribution is 2.17. The van der Waals surface area contributed by atoms with Gasteiger partial charge in [0.25, 0.3) is 0 Å². The molecule has 1 fully saturated rings. The number of likely N-dealkylation sites (tertiary alicyclic amines) is 1. The van der Waals surface area contributed by atoms with E-state index in [1.54, 1.807) is 0 Å². The molecule has 124 valence electrons. The summed E-state index contributed by atoms with van der Waals surface area (Å²) in [6, 6.07) is 0.514. The fourth-order valence-electron chi connectivity index (χ4n) is 3.03. The summed E-state index contributed by atoms with van der Waals surface area (Å²) in [6.45, 7) is 7.47. The van der Waals surface area contributed by atoms with Crippen molar-refractivity contribution in [3.05, 3.63) is 35.5 Å². The van der Waals surface area contributed by atoms with Gasteiger partial charge in [0.05, 0.1) is 17.9 Å². The van der Waals surface area contributed by atoms with Gasteiger partial charge in [-0.25, -0.2) is 0 Å². The van der Waals surface area contributed by atoms with Crippen LogP contribution in [0, 0.1) is 13.8 Å². The zero-order chi connectivity index (χ0) is 16.2. The van der Waals surface area contributed by atoms with Gasteiger partial charge >= 0.3 is 0 Å². The van der Waals surface area contributed by atoms with Gasteiger partial charge in [0.15, 0.2) is 5.82 Å². The maximum absolute atomic E-state index is 5.06. The van der Waals surface area contributed by atoms with Gasteiger partial charge < -0.3 is 4.52 Å². The first-order chi connectivity index (χ1) is 11.1. The summed E-state index contributed by atoms with van der Waals surface area (Å²) in [5, 5.41) is 4.00. The molecular formula is C16H24N6O. The first kappa shape index (κ1) is 16.0. The molecule has 1 saturated heterocycles. The summed E-state index contributed by atoms with van der Waals surface area (Å²) < 4.78 is 5.06. The van der Waals surface area contributed by atoms with Crippen molar-refractivity contribution in [2.75, 3.05) is 20.1 Å². The minimum Gasteiger partial charge on any atom is -0.340 e. The zero-order valence-electron chi connectivity index (χ0n) is 14.1. The number of nitrogens with zero attached hydrogens (tertiary/aromatic N) is 6. The van der Waals surface area contributed by atoms with E-state index in [-0.39, 0.29) is 0 Å². The van der Waals surface area contributed by atoms with Gasteiger partial charge in [-0.1, -0.05) is 5.16 Å². The van der Waals surface area contributed by atoms with Crippen molar-refractivity contribution >= 4 is 0 Å². The molecule has 0 N–H and O–H groups in total. The Morgan fingerprint density at radius 2 is 2.17 bits per heavy atom. The molecule has 2 aromatic heterocycles. The van der Waals surface area contributed by atoms with Crippen LogP contribution < -0.4 is 0 Å². The van der Waals surface area contributed by atoms with Gasteiger partial charge in [0.1, 0.15) is 0 Å². The SMILES string of the molecule is Cc1cnc(CN(C)C2CCCN(Cc3noc(C)n3)C2)cn1. The summed E-state index contributed by atoms with van der Waals surface area (Å²) in [5.41, 5.74) is 1.97. The van der Waals surface area contributed by atoms with Crippen LogP contribution in [0.5, 0.6) is 0 Å². The molecule has 1 atom stereocenters. The third-order valence-electron chi connectivity index (χ3n) is 4.28. The molecule has 7 nitrogen and oxygen atoms in total. The van der Waals surface area contributed by atoms with Crippen LogP contribution in [0.1, 0.15) is 35.9 Å². The molecule has 0 saturated carbocycles. The van der Waals surface area contributed by atoms with E-state index in [0.29, 0.717) is 11.9 Å². The van der Waals surface area contributed by atoms with Crippen molar-refractivity contribution in [2.24, 2.45) is 0 Å². The monoisotopic (exact) mass is 316 g/mol. The second-order valence-corrected chi connectivity index (χ2v) is 6.33. The molecule has 3 heterocycles. The highest BCUT2D eigenvalue weighted by atomic mass is 16.5. The topological polar surface area (TPSA) is 71.2 Å². The normalized spacial score (nSPS) is 19.4. The van der Waals surface area contributed by atoms with Crippen molar-refractivity contribution < 1.29 is 4.52 Å². The number of aryl methyl sites for hydroxylation is 2. The Kier molecular flexibility index (Phi) is 4.97. The Balaban J connectivity index is 1.55. The minimum absolute atomic E-state index is 0.514. The van der Waals surface area contributed by atoms with E-state index in [9.17, 15) is 0 Å². The molecule has 1 unspecified atom stereocenters. The highest BCUT2D eigenvalue weighted by molar-refractivity contribution is 5.01. The van der Waals surface area contributed by atoms with Crippen molar-refractivity contribution in [3.63, 3.8) is 0 Å². The number of piperidine rings is 1. The lowest BCUT2D eigenvalue weighted by molar-refractivity contribution is 0.104. The summed E-state index contributed by atoms with van der Waals surface area (Å²) in [6.07, 6.45) is 6.09. The van der Waals surface area contributed by atoms with Crippen LogP contribution in [-0.4, -0.2) is 56.1 Å². The lowest BCUT2D eigenvalue weighted by Gasteiger charge is -2.37. The fourth-order valence-corrected chi connectivity index (χ4v) is 3.03. The Morgan fingerprint density at radius 3 is 2.87 bits per heavy atom. The molecule has 0 aliphatic carbocycles. The number of rotatable bonds is 5. The largest absolute Gasteiger partial charge is 0.340 e. The molecule has 0 aromatic carbocycles. The van der Waals surface area contributed by atoms with Crippen LogP contribution in [0.3, 0.4) is 0 Å². The number of hydrogen-bond acceptors (Lipinski definition) is 7. The van der Waals surface area contributed by atoms with Crippen LogP contribution in [0.2, 0.25) is 0 Å². The molecule has 0 radical (unpaired) electrons. The van der Waals surface area contributed by atoms with Gasteiger partial charge in [0.2, 0.25) is 5.89 Å². The van der Waals surface area contributed by atoms with Gasteiger partial charge in [0, 0.05) is 38.4 Å². The fraction of sp³-hybridized carbons (Fsp3) is 0.625. The quantitative estimate of drug-likeness (QED) is 0.829. The molecule has 0 amide bonds.